The molecular formula is C31H42N2O5. The van der Waals surface area contributed by atoms with Crippen LogP contribution in [0.15, 0.2) is 42.3 Å². The van der Waals surface area contributed by atoms with E-state index < -0.39 is 18.9 Å². The summed E-state index contributed by atoms with van der Waals surface area (Å²) >= 11 is 0. The maximum absolute atomic E-state index is 12.1. The molecule has 38 heavy (non-hydrogen) atoms. The number of allylic oxidation sites excluding steroid dienone is 3. The molecule has 1 unspecified atom stereocenters. The summed E-state index contributed by atoms with van der Waals surface area (Å²) < 4.78 is 9.84. The lowest BCUT2D eigenvalue weighted by Crippen LogP contribution is -2.51. The number of pyridine rings is 1. The summed E-state index contributed by atoms with van der Waals surface area (Å²) in [4.78, 5) is 33.5. The van der Waals surface area contributed by atoms with Gasteiger partial charge in [0.15, 0.2) is 0 Å². The van der Waals surface area contributed by atoms with Crippen molar-refractivity contribution < 1.29 is 23.9 Å². The highest BCUT2D eigenvalue weighted by atomic mass is 16.8. The molecule has 206 valence electrons. The Morgan fingerprint density at radius 1 is 1.11 bits per heavy atom. The van der Waals surface area contributed by atoms with Gasteiger partial charge in [0, 0.05) is 19.4 Å². The van der Waals surface area contributed by atoms with Crippen molar-refractivity contribution in [2.75, 3.05) is 13.8 Å². The van der Waals surface area contributed by atoms with E-state index in [9.17, 15) is 9.59 Å². The first kappa shape index (κ1) is 26.9. The minimum absolute atomic E-state index is 0.0135. The van der Waals surface area contributed by atoms with Crippen LogP contribution in [0.2, 0.25) is 0 Å². The number of ether oxygens (including phenoxy) is 2. The highest BCUT2D eigenvalue weighted by Crippen LogP contribution is 2.66. The Morgan fingerprint density at radius 3 is 2.63 bits per heavy atom. The molecule has 2 fully saturated rings. The molecule has 4 aliphatic rings. The molecule has 0 N–H and O–H groups in total. The van der Waals surface area contributed by atoms with Crippen molar-refractivity contribution in [2.24, 2.45) is 34.5 Å². The number of nitrogens with zero attached hydrogens (tertiary/aromatic N) is 2. The zero-order valence-corrected chi connectivity index (χ0v) is 23.4. The van der Waals surface area contributed by atoms with Crippen molar-refractivity contribution in [1.29, 1.82) is 0 Å². The molecule has 0 radical (unpaired) electrons. The second-order valence-corrected chi connectivity index (χ2v) is 12.4. The van der Waals surface area contributed by atoms with Gasteiger partial charge >= 0.3 is 12.1 Å². The summed E-state index contributed by atoms with van der Waals surface area (Å²) in [5.41, 5.74) is 4.75. The maximum atomic E-state index is 12.1. The third-order valence-corrected chi connectivity index (χ3v) is 10.2. The van der Waals surface area contributed by atoms with Crippen molar-refractivity contribution in [3.63, 3.8) is 0 Å². The Bertz CT molecular complexity index is 1110. The van der Waals surface area contributed by atoms with Gasteiger partial charge in [0.25, 0.3) is 0 Å². The van der Waals surface area contributed by atoms with Crippen LogP contribution in [0.3, 0.4) is 0 Å². The second kappa shape index (κ2) is 10.5. The molecule has 5 rings (SSSR count). The third-order valence-electron chi connectivity index (χ3n) is 10.2. The highest BCUT2D eigenvalue weighted by molar-refractivity contribution is 5.72. The van der Waals surface area contributed by atoms with Gasteiger partial charge in [-0.1, -0.05) is 51.5 Å². The fraction of sp³-hybridized carbons (Fsp3) is 0.645. The summed E-state index contributed by atoms with van der Waals surface area (Å²) in [6, 6.07) is 4.28. The largest absolute Gasteiger partial charge is 0.530 e. The topological polar surface area (TPSA) is 78.0 Å². The molecule has 0 saturated heterocycles. The van der Waals surface area contributed by atoms with Crippen LogP contribution in [0, 0.1) is 34.5 Å². The molecule has 1 aromatic rings. The summed E-state index contributed by atoms with van der Waals surface area (Å²) in [6.07, 6.45) is 15.9. The first-order chi connectivity index (χ1) is 18.1. The van der Waals surface area contributed by atoms with Gasteiger partial charge in [-0.2, -0.15) is 0 Å². The molecule has 0 bridgehead atoms. The molecule has 4 aliphatic carbocycles. The molecule has 0 amide bonds. The number of fused-ring (bicyclic) bond motifs is 5. The van der Waals surface area contributed by atoms with E-state index in [1.165, 1.54) is 42.4 Å². The molecule has 1 heterocycles. The molecule has 0 aliphatic heterocycles. The number of rotatable bonds is 6. The molecule has 0 aromatic carbocycles. The van der Waals surface area contributed by atoms with Crippen LogP contribution in [0.1, 0.15) is 78.2 Å². The van der Waals surface area contributed by atoms with Crippen LogP contribution >= 0.6 is 0 Å². The van der Waals surface area contributed by atoms with Gasteiger partial charge in [0.1, 0.15) is 0 Å². The van der Waals surface area contributed by atoms with Crippen LogP contribution in [0.25, 0.3) is 5.57 Å². The minimum atomic E-state index is -0.857. The number of aromatic nitrogens is 1. The lowest BCUT2D eigenvalue weighted by Gasteiger charge is -2.58. The van der Waals surface area contributed by atoms with E-state index in [2.05, 4.69) is 43.1 Å². The number of hydrogen-bond acceptors (Lipinski definition) is 7. The Hall–Kier alpha value is -2.67. The summed E-state index contributed by atoms with van der Waals surface area (Å²) in [7, 11) is 1.77. The molecule has 7 heteroatoms. The second-order valence-electron chi connectivity index (χ2n) is 12.4. The zero-order valence-electron chi connectivity index (χ0n) is 23.4. The molecule has 2 saturated carbocycles. The summed E-state index contributed by atoms with van der Waals surface area (Å²) in [5, 5.41) is 1.59. The summed E-state index contributed by atoms with van der Waals surface area (Å²) in [6.45, 7) is 8.00. The first-order valence-corrected chi connectivity index (χ1v) is 14.2. The average molecular weight is 523 g/mol. The van der Waals surface area contributed by atoms with Crippen LogP contribution in [0.5, 0.6) is 0 Å². The molecule has 0 spiro atoms. The Morgan fingerprint density at radius 2 is 1.89 bits per heavy atom. The van der Waals surface area contributed by atoms with E-state index >= 15 is 0 Å². The van der Waals surface area contributed by atoms with Gasteiger partial charge in [-0.15, -0.1) is 5.06 Å². The van der Waals surface area contributed by atoms with Gasteiger partial charge in [0.2, 0.25) is 6.79 Å². The van der Waals surface area contributed by atoms with Crippen molar-refractivity contribution in [1.82, 2.24) is 10.0 Å². The zero-order chi connectivity index (χ0) is 27.1. The van der Waals surface area contributed by atoms with E-state index in [0.29, 0.717) is 11.8 Å². The van der Waals surface area contributed by atoms with Gasteiger partial charge in [-0.3, -0.25) is 9.78 Å². The SMILES string of the molecule is CC(C)C(=O)OCOC(=O)ON(C)C1C=C2CC[C@H]3[C@H](CC[C@]4(C)C(c5cccnc5)=CC[C@@H]34)[C@@]2(C)CC1. The lowest BCUT2D eigenvalue weighted by atomic mass is 9.46. The van der Waals surface area contributed by atoms with Crippen LogP contribution in [-0.2, 0) is 19.1 Å². The monoisotopic (exact) mass is 522 g/mol. The minimum Gasteiger partial charge on any atom is -0.427 e. The number of hydroxylamine groups is 2. The molecular weight excluding hydrogens is 480 g/mol. The number of carbonyl (C=O) groups is 2. The van der Waals surface area contributed by atoms with E-state index in [4.69, 9.17) is 14.3 Å². The van der Waals surface area contributed by atoms with Crippen molar-refractivity contribution in [3.05, 3.63) is 47.8 Å². The predicted octanol–water partition coefficient (Wildman–Crippen LogP) is 6.56. The summed E-state index contributed by atoms with van der Waals surface area (Å²) in [5.74, 6) is 1.42. The quantitative estimate of drug-likeness (QED) is 0.181. The number of carbonyl (C=O) groups excluding carboxylic acids is 2. The number of hydrogen-bond donors (Lipinski definition) is 0. The normalized spacial score (nSPS) is 34.0. The van der Waals surface area contributed by atoms with Crippen LogP contribution < -0.4 is 0 Å². The highest BCUT2D eigenvalue weighted by Gasteiger charge is 2.57. The number of likely N-dealkylation sites (N-methyl/N-ethyl adjacent to an activating group) is 1. The average Bonchev–Trinajstić information content (AvgIpc) is 3.25. The first-order valence-electron chi connectivity index (χ1n) is 14.2. The van der Waals surface area contributed by atoms with E-state index in [1.54, 1.807) is 26.0 Å². The van der Waals surface area contributed by atoms with Crippen molar-refractivity contribution in [3.8, 4) is 0 Å². The van der Waals surface area contributed by atoms with Gasteiger partial charge < -0.3 is 14.3 Å². The Labute approximate surface area is 226 Å². The third kappa shape index (κ3) is 4.78. The maximum Gasteiger partial charge on any atom is 0.530 e. The Balaban J connectivity index is 1.22. The van der Waals surface area contributed by atoms with E-state index in [0.717, 1.165) is 25.2 Å². The van der Waals surface area contributed by atoms with Crippen molar-refractivity contribution >= 4 is 17.7 Å². The fourth-order valence-electron chi connectivity index (χ4n) is 8.05. The smallest absolute Gasteiger partial charge is 0.427 e. The molecule has 7 nitrogen and oxygen atoms in total. The predicted molar refractivity (Wildman–Crippen MR) is 144 cm³/mol. The van der Waals surface area contributed by atoms with E-state index in [1.807, 2.05) is 12.4 Å². The fourth-order valence-corrected chi connectivity index (χ4v) is 8.05. The van der Waals surface area contributed by atoms with Crippen molar-refractivity contribution in [2.45, 2.75) is 78.7 Å². The molecule has 6 atom stereocenters. The lowest BCUT2D eigenvalue weighted by molar-refractivity contribution is -0.167. The van der Waals surface area contributed by atoms with Crippen LogP contribution in [0.4, 0.5) is 4.79 Å². The van der Waals surface area contributed by atoms with Gasteiger partial charge in [0.05, 0.1) is 12.0 Å². The van der Waals surface area contributed by atoms with Crippen LogP contribution in [-0.4, -0.2) is 42.1 Å². The van der Waals surface area contributed by atoms with E-state index in [-0.39, 0.29) is 22.8 Å². The van der Waals surface area contributed by atoms with Gasteiger partial charge in [-0.25, -0.2) is 4.79 Å². The standard InChI is InChI=1S/C31H42N2O5/c1-20(2)28(34)36-19-37-29(35)38-33(5)23-12-14-30(3)22(17-23)8-9-24-26-11-10-25(21-7-6-16-32-18-21)31(26,4)15-13-27(24)30/h6-7,10,16-18,20,23-24,26-27H,8-9,11-15,19H2,1-5H3/t23?,24-,26+,27+,30+,31-/m1/s1. The number of esters is 1. The Kier molecular flexibility index (Phi) is 7.42. The van der Waals surface area contributed by atoms with Gasteiger partial charge in [-0.05, 0) is 90.7 Å². The molecule has 1 aromatic heterocycles.